The van der Waals surface area contributed by atoms with Crippen LogP contribution in [0.4, 0.5) is 0 Å². The second-order valence-corrected chi connectivity index (χ2v) is 8.37. The Labute approximate surface area is 120 Å². The van der Waals surface area contributed by atoms with E-state index in [1.54, 1.807) is 6.07 Å². The molecule has 18 heavy (non-hydrogen) atoms. The molecule has 1 aromatic rings. The molecule has 2 rings (SSSR count). The Morgan fingerprint density at radius 2 is 2.28 bits per heavy atom. The van der Waals surface area contributed by atoms with Crippen LogP contribution in [0.15, 0.2) is 26.9 Å². The maximum Gasteiger partial charge on any atom is 0.245 e. The molecule has 0 aliphatic carbocycles. The lowest BCUT2D eigenvalue weighted by molar-refractivity contribution is 0.437. The summed E-state index contributed by atoms with van der Waals surface area (Å²) in [6.07, 6.45) is 4.70. The van der Waals surface area contributed by atoms with E-state index in [4.69, 9.17) is 0 Å². The van der Waals surface area contributed by atoms with Gasteiger partial charge < -0.3 is 5.32 Å². The molecule has 0 aromatic carbocycles. The van der Waals surface area contributed by atoms with Crippen LogP contribution in [0.1, 0.15) is 11.3 Å². The monoisotopic (exact) mass is 350 g/mol. The van der Waals surface area contributed by atoms with Crippen molar-refractivity contribution in [2.45, 2.75) is 17.9 Å². The minimum atomic E-state index is -3.37. The number of halogens is 1. The molecule has 0 unspecified atom stereocenters. The Hall–Kier alpha value is -0.210. The molecule has 0 amide bonds. The molecule has 0 radical (unpaired) electrons. The number of nitrogens with one attached hydrogen (secondary N) is 1. The zero-order chi connectivity index (χ0) is 13.2. The zero-order valence-electron chi connectivity index (χ0n) is 10.0. The van der Waals surface area contributed by atoms with Crippen LogP contribution in [0.25, 0.3) is 0 Å². The van der Waals surface area contributed by atoms with Crippen LogP contribution >= 0.6 is 27.3 Å². The van der Waals surface area contributed by atoms with E-state index in [0.29, 0.717) is 28.3 Å². The van der Waals surface area contributed by atoms with E-state index >= 15 is 0 Å². The zero-order valence-corrected chi connectivity index (χ0v) is 13.2. The van der Waals surface area contributed by atoms with E-state index in [9.17, 15) is 8.42 Å². The fourth-order valence-corrected chi connectivity index (χ4v) is 5.86. The maximum atomic E-state index is 12.5. The second kappa shape index (κ2) is 5.83. The van der Waals surface area contributed by atoms with Gasteiger partial charge in [-0.3, -0.25) is 0 Å². The normalized spacial score (nSPS) is 17.2. The molecule has 0 spiro atoms. The molecule has 2 heterocycles. The molecule has 0 saturated heterocycles. The van der Waals surface area contributed by atoms with Crippen LogP contribution in [0.3, 0.4) is 0 Å². The average molecular weight is 351 g/mol. The van der Waals surface area contributed by atoms with Crippen LogP contribution in [-0.2, 0) is 16.6 Å². The fraction of sp³-hybridized carbons (Fsp3) is 0.455. The van der Waals surface area contributed by atoms with E-state index in [1.165, 1.54) is 15.6 Å². The quantitative estimate of drug-likeness (QED) is 0.846. The predicted molar refractivity (Wildman–Crippen MR) is 77.3 cm³/mol. The number of hydrogen-bond donors (Lipinski definition) is 1. The Morgan fingerprint density at radius 3 is 2.89 bits per heavy atom. The van der Waals surface area contributed by atoms with Crippen molar-refractivity contribution in [1.29, 1.82) is 0 Å². The van der Waals surface area contributed by atoms with E-state index in [1.807, 2.05) is 19.2 Å². The van der Waals surface area contributed by atoms with Gasteiger partial charge in [-0.15, -0.1) is 11.3 Å². The van der Waals surface area contributed by atoms with Crippen LogP contribution in [0, 0.1) is 0 Å². The lowest BCUT2D eigenvalue weighted by Gasteiger charge is -2.22. The van der Waals surface area contributed by atoms with E-state index in [-0.39, 0.29) is 0 Å². The van der Waals surface area contributed by atoms with Crippen LogP contribution in [0.2, 0.25) is 0 Å². The first-order valence-corrected chi connectivity index (χ1v) is 8.68. The Morgan fingerprint density at radius 1 is 1.50 bits per heavy atom. The summed E-state index contributed by atoms with van der Waals surface area (Å²) in [6.45, 7) is 1.70. The van der Waals surface area contributed by atoms with Crippen LogP contribution in [0.5, 0.6) is 0 Å². The molecule has 1 aromatic heterocycles. The summed E-state index contributed by atoms with van der Waals surface area (Å²) < 4.78 is 27.1. The van der Waals surface area contributed by atoms with Gasteiger partial charge in [0.05, 0.1) is 3.79 Å². The van der Waals surface area contributed by atoms with Crippen LogP contribution < -0.4 is 5.32 Å². The van der Waals surface area contributed by atoms with Gasteiger partial charge >= 0.3 is 0 Å². The van der Waals surface area contributed by atoms with Gasteiger partial charge in [0.15, 0.2) is 0 Å². The predicted octanol–water partition coefficient (Wildman–Crippen LogP) is 2.18. The summed E-state index contributed by atoms with van der Waals surface area (Å²) in [5.41, 5.74) is 0. The van der Waals surface area contributed by atoms with Crippen molar-refractivity contribution >= 4 is 37.3 Å². The summed E-state index contributed by atoms with van der Waals surface area (Å²) in [6, 6.07) is 1.75. The molecule has 0 atom stereocenters. The van der Waals surface area contributed by atoms with Crippen molar-refractivity contribution in [2.75, 3.05) is 20.1 Å². The van der Waals surface area contributed by atoms with E-state index < -0.39 is 10.0 Å². The largest absolute Gasteiger partial charge is 0.315 e. The smallest absolute Gasteiger partial charge is 0.245 e. The van der Waals surface area contributed by atoms with Gasteiger partial charge in [-0.1, -0.05) is 12.2 Å². The minimum absolute atomic E-state index is 0.382. The van der Waals surface area contributed by atoms with Crippen molar-refractivity contribution < 1.29 is 8.42 Å². The maximum absolute atomic E-state index is 12.5. The lowest BCUT2D eigenvalue weighted by atomic mass is 10.3. The first kappa shape index (κ1) is 14.2. The summed E-state index contributed by atoms with van der Waals surface area (Å²) in [5.74, 6) is 0. The molecule has 7 heteroatoms. The van der Waals surface area contributed by atoms with Crippen molar-refractivity contribution in [3.05, 3.63) is 26.9 Å². The summed E-state index contributed by atoms with van der Waals surface area (Å²) in [4.78, 5) is 1.39. The topological polar surface area (TPSA) is 49.4 Å². The number of thiophene rings is 1. The molecule has 0 saturated carbocycles. The molecular formula is C11H15BrN2O2S2. The van der Waals surface area contributed by atoms with E-state index in [2.05, 4.69) is 21.2 Å². The molecule has 100 valence electrons. The third-order valence-electron chi connectivity index (χ3n) is 2.70. The highest BCUT2D eigenvalue weighted by molar-refractivity contribution is 9.11. The molecule has 0 bridgehead atoms. The minimum Gasteiger partial charge on any atom is -0.315 e. The summed E-state index contributed by atoms with van der Waals surface area (Å²) in [5, 5.41) is 3.03. The third-order valence-corrected chi connectivity index (χ3v) is 6.81. The summed E-state index contributed by atoms with van der Waals surface area (Å²) in [7, 11) is -1.53. The van der Waals surface area contributed by atoms with Gasteiger partial charge in [-0.25, -0.2) is 8.42 Å². The van der Waals surface area contributed by atoms with Crippen LogP contribution in [-0.4, -0.2) is 32.9 Å². The van der Waals surface area contributed by atoms with Gasteiger partial charge in [0.1, 0.15) is 4.90 Å². The fourth-order valence-electron chi connectivity index (χ4n) is 1.81. The number of hydrogen-bond acceptors (Lipinski definition) is 4. The second-order valence-electron chi connectivity index (χ2n) is 4.00. The first-order valence-electron chi connectivity index (χ1n) is 5.63. The molecule has 1 N–H and O–H groups in total. The standard InChI is InChI=1S/C11H15BrN2O2S2/c1-13-8-9-7-10(11(12)17-9)18(15,16)14-5-3-2-4-6-14/h2-3,7,13H,4-6,8H2,1H3. The molecule has 1 aliphatic heterocycles. The number of nitrogens with zero attached hydrogens (tertiary/aromatic N) is 1. The lowest BCUT2D eigenvalue weighted by Crippen LogP contribution is -2.33. The van der Waals surface area contributed by atoms with Gasteiger partial charge in [0.25, 0.3) is 0 Å². The number of rotatable bonds is 4. The average Bonchev–Trinajstić information content (AvgIpc) is 2.73. The highest BCUT2D eigenvalue weighted by atomic mass is 79.9. The highest BCUT2D eigenvalue weighted by Crippen LogP contribution is 2.33. The van der Waals surface area contributed by atoms with Crippen molar-refractivity contribution in [3.8, 4) is 0 Å². The Bertz CT molecular complexity index is 551. The molecule has 0 fully saturated rings. The third kappa shape index (κ3) is 2.85. The molecular weight excluding hydrogens is 336 g/mol. The summed E-state index contributed by atoms with van der Waals surface area (Å²) >= 11 is 4.82. The Kier molecular flexibility index (Phi) is 4.60. The number of sulfonamides is 1. The first-order chi connectivity index (χ1) is 8.55. The van der Waals surface area contributed by atoms with Gasteiger partial charge in [0, 0.05) is 24.5 Å². The van der Waals surface area contributed by atoms with Crippen molar-refractivity contribution in [3.63, 3.8) is 0 Å². The van der Waals surface area contributed by atoms with Crippen molar-refractivity contribution in [2.24, 2.45) is 0 Å². The Balaban J connectivity index is 2.31. The molecule has 4 nitrogen and oxygen atoms in total. The van der Waals surface area contributed by atoms with E-state index in [0.717, 1.165) is 11.3 Å². The SMILES string of the molecule is CNCc1cc(S(=O)(=O)N2CC=CCC2)c(Br)s1. The van der Waals surface area contributed by atoms with Gasteiger partial charge in [0.2, 0.25) is 10.0 Å². The van der Waals surface area contributed by atoms with Gasteiger partial charge in [-0.05, 0) is 35.5 Å². The highest BCUT2D eigenvalue weighted by Gasteiger charge is 2.28. The molecule has 1 aliphatic rings. The van der Waals surface area contributed by atoms with Gasteiger partial charge in [-0.2, -0.15) is 4.31 Å². The van der Waals surface area contributed by atoms with Crippen molar-refractivity contribution in [1.82, 2.24) is 9.62 Å².